The molecule has 0 saturated carbocycles. The molecule has 0 aromatic rings. The largest absolute Gasteiger partial charge is 0.330 e. The molecule has 2 aliphatic heterocycles. The van der Waals surface area contributed by atoms with Crippen molar-refractivity contribution >= 4 is 12.1 Å². The van der Waals surface area contributed by atoms with E-state index in [9.17, 15) is 4.79 Å². The smallest absolute Gasteiger partial charge is 0.248 e. The first-order valence-electron chi connectivity index (χ1n) is 4.38. The Hall–Kier alpha value is -1.38. The average Bonchev–Trinajstić information content (AvgIpc) is 2.09. The van der Waals surface area contributed by atoms with E-state index in [-0.39, 0.29) is 18.0 Å². The molecular formula is C10H12N2O. The van der Waals surface area contributed by atoms with Crippen LogP contribution in [0.4, 0.5) is 0 Å². The van der Waals surface area contributed by atoms with Gasteiger partial charge in [0.1, 0.15) is 6.17 Å². The van der Waals surface area contributed by atoms with Crippen LogP contribution >= 0.6 is 0 Å². The van der Waals surface area contributed by atoms with Crippen molar-refractivity contribution in [2.45, 2.75) is 20.0 Å². The van der Waals surface area contributed by atoms with Crippen molar-refractivity contribution in [2.24, 2.45) is 10.9 Å². The van der Waals surface area contributed by atoms with Crippen LogP contribution in [-0.2, 0) is 4.79 Å². The quantitative estimate of drug-likeness (QED) is 0.588. The number of dihydropyridines is 1. The van der Waals surface area contributed by atoms with Gasteiger partial charge in [-0.15, -0.1) is 0 Å². The van der Waals surface area contributed by atoms with Crippen molar-refractivity contribution < 1.29 is 4.79 Å². The highest BCUT2D eigenvalue weighted by Crippen LogP contribution is 2.25. The topological polar surface area (TPSA) is 41.5 Å². The molecule has 2 atom stereocenters. The van der Waals surface area contributed by atoms with E-state index in [0.29, 0.717) is 0 Å². The van der Waals surface area contributed by atoms with Gasteiger partial charge < -0.3 is 5.32 Å². The molecule has 0 saturated heterocycles. The number of nitrogens with zero attached hydrogens (tertiary/aromatic N) is 1. The van der Waals surface area contributed by atoms with E-state index < -0.39 is 0 Å². The Balaban J connectivity index is 2.36. The molecule has 2 aliphatic rings. The molecular weight excluding hydrogens is 164 g/mol. The van der Waals surface area contributed by atoms with E-state index in [1.54, 1.807) is 6.21 Å². The van der Waals surface area contributed by atoms with Crippen LogP contribution in [-0.4, -0.2) is 18.3 Å². The monoisotopic (exact) mass is 176 g/mol. The van der Waals surface area contributed by atoms with Gasteiger partial charge in [0, 0.05) is 17.7 Å². The molecule has 3 heteroatoms. The van der Waals surface area contributed by atoms with E-state index in [2.05, 4.69) is 17.2 Å². The van der Waals surface area contributed by atoms with E-state index in [0.717, 1.165) is 5.57 Å². The Morgan fingerprint density at radius 3 is 3.00 bits per heavy atom. The second-order valence-electron chi connectivity index (χ2n) is 3.50. The number of amides is 1. The summed E-state index contributed by atoms with van der Waals surface area (Å²) in [6.45, 7) is 3.89. The number of aliphatic imine (C=N–C) groups is 1. The van der Waals surface area contributed by atoms with Crippen LogP contribution < -0.4 is 5.32 Å². The highest BCUT2D eigenvalue weighted by Gasteiger charge is 2.28. The van der Waals surface area contributed by atoms with E-state index in [4.69, 9.17) is 0 Å². The molecule has 0 fully saturated rings. The summed E-state index contributed by atoms with van der Waals surface area (Å²) in [5.41, 5.74) is 2.03. The van der Waals surface area contributed by atoms with Crippen molar-refractivity contribution in [2.75, 3.05) is 0 Å². The molecule has 3 nitrogen and oxygen atoms in total. The van der Waals surface area contributed by atoms with E-state index >= 15 is 0 Å². The standard InChI is InChI=1S/C10H12N2O/c1-6-3-4-11-9-8(6)5-7(2)10(13)12-9/h3-5,8-9H,1-2H3,(H,12,13). The molecule has 2 rings (SSSR count). The zero-order valence-corrected chi connectivity index (χ0v) is 7.74. The lowest BCUT2D eigenvalue weighted by Crippen LogP contribution is -2.44. The second-order valence-corrected chi connectivity index (χ2v) is 3.50. The third kappa shape index (κ3) is 1.30. The van der Waals surface area contributed by atoms with Crippen molar-refractivity contribution in [3.05, 3.63) is 23.3 Å². The van der Waals surface area contributed by atoms with Crippen molar-refractivity contribution in [1.82, 2.24) is 5.32 Å². The molecule has 2 heterocycles. The summed E-state index contributed by atoms with van der Waals surface area (Å²) >= 11 is 0. The summed E-state index contributed by atoms with van der Waals surface area (Å²) in [4.78, 5) is 15.5. The molecule has 68 valence electrons. The molecule has 0 aliphatic carbocycles. The fraction of sp³-hybridized carbons (Fsp3) is 0.400. The fourth-order valence-electron chi connectivity index (χ4n) is 1.65. The lowest BCUT2D eigenvalue weighted by Gasteiger charge is -2.29. The minimum absolute atomic E-state index is 0.00639. The number of hydrogen-bond acceptors (Lipinski definition) is 2. The Labute approximate surface area is 77.2 Å². The van der Waals surface area contributed by atoms with Gasteiger partial charge in [-0.25, -0.2) is 0 Å². The van der Waals surface area contributed by atoms with Crippen LogP contribution in [0.25, 0.3) is 0 Å². The van der Waals surface area contributed by atoms with Gasteiger partial charge in [-0.1, -0.05) is 11.6 Å². The van der Waals surface area contributed by atoms with Gasteiger partial charge in [0.05, 0.1) is 0 Å². The summed E-state index contributed by atoms with van der Waals surface area (Å²) in [6, 6.07) is 0. The maximum Gasteiger partial charge on any atom is 0.248 e. The van der Waals surface area contributed by atoms with Crippen molar-refractivity contribution in [3.8, 4) is 0 Å². The van der Waals surface area contributed by atoms with Gasteiger partial charge >= 0.3 is 0 Å². The third-order valence-corrected chi connectivity index (χ3v) is 2.52. The number of allylic oxidation sites excluding steroid dienone is 1. The van der Waals surface area contributed by atoms with E-state index in [1.807, 2.05) is 19.1 Å². The highest BCUT2D eigenvalue weighted by atomic mass is 16.1. The first-order valence-corrected chi connectivity index (χ1v) is 4.38. The van der Waals surface area contributed by atoms with Gasteiger partial charge in [0.15, 0.2) is 0 Å². The zero-order valence-electron chi connectivity index (χ0n) is 7.74. The third-order valence-electron chi connectivity index (χ3n) is 2.52. The van der Waals surface area contributed by atoms with Gasteiger partial charge in [-0.2, -0.15) is 0 Å². The minimum atomic E-state index is -0.0822. The molecule has 0 aromatic carbocycles. The molecule has 13 heavy (non-hydrogen) atoms. The van der Waals surface area contributed by atoms with Gasteiger partial charge in [-0.05, 0) is 19.9 Å². The Bertz CT molecular complexity index is 339. The zero-order chi connectivity index (χ0) is 9.42. The minimum Gasteiger partial charge on any atom is -0.330 e. The maximum atomic E-state index is 11.3. The summed E-state index contributed by atoms with van der Waals surface area (Å²) in [6.07, 6.45) is 5.65. The summed E-state index contributed by atoms with van der Waals surface area (Å²) in [5, 5.41) is 2.85. The van der Waals surface area contributed by atoms with Crippen LogP contribution in [0.15, 0.2) is 28.3 Å². The Morgan fingerprint density at radius 2 is 2.23 bits per heavy atom. The van der Waals surface area contributed by atoms with Crippen LogP contribution in [0, 0.1) is 5.92 Å². The number of nitrogens with one attached hydrogen (secondary N) is 1. The number of fused-ring (bicyclic) bond motifs is 1. The Kier molecular flexibility index (Phi) is 1.79. The van der Waals surface area contributed by atoms with Crippen LogP contribution in [0.5, 0.6) is 0 Å². The number of rotatable bonds is 0. The Morgan fingerprint density at radius 1 is 1.46 bits per heavy atom. The van der Waals surface area contributed by atoms with Crippen LogP contribution in [0.3, 0.4) is 0 Å². The predicted molar refractivity (Wildman–Crippen MR) is 51.4 cm³/mol. The van der Waals surface area contributed by atoms with Gasteiger partial charge in [-0.3, -0.25) is 9.79 Å². The van der Waals surface area contributed by atoms with Crippen molar-refractivity contribution in [1.29, 1.82) is 0 Å². The first kappa shape index (κ1) is 8.23. The molecule has 0 spiro atoms. The molecule has 1 N–H and O–H groups in total. The summed E-state index contributed by atoms with van der Waals surface area (Å²) in [5.74, 6) is 0.246. The predicted octanol–water partition coefficient (Wildman–Crippen LogP) is 1.04. The second kappa shape index (κ2) is 2.83. The average molecular weight is 176 g/mol. The van der Waals surface area contributed by atoms with Crippen LogP contribution in [0.2, 0.25) is 0 Å². The molecule has 1 amide bonds. The molecule has 0 bridgehead atoms. The number of hydrogen-bond donors (Lipinski definition) is 1. The number of carbonyl (C=O) groups is 1. The van der Waals surface area contributed by atoms with Gasteiger partial charge in [0.2, 0.25) is 5.91 Å². The lowest BCUT2D eigenvalue weighted by atomic mass is 9.90. The van der Waals surface area contributed by atoms with Gasteiger partial charge in [0.25, 0.3) is 0 Å². The molecule has 2 unspecified atom stereocenters. The maximum absolute atomic E-state index is 11.3. The van der Waals surface area contributed by atoms with Crippen LogP contribution in [0.1, 0.15) is 13.8 Å². The number of carbonyl (C=O) groups excluding carboxylic acids is 1. The first-order chi connectivity index (χ1) is 6.18. The lowest BCUT2D eigenvalue weighted by molar-refractivity contribution is -0.118. The highest BCUT2D eigenvalue weighted by molar-refractivity contribution is 5.94. The molecule has 0 aromatic heterocycles. The SMILES string of the molecule is CC1=CC2C(C)=CC=NC2NC1=O. The van der Waals surface area contributed by atoms with Crippen molar-refractivity contribution in [3.63, 3.8) is 0 Å². The summed E-state index contributed by atoms with van der Waals surface area (Å²) < 4.78 is 0. The normalized spacial score (nSPS) is 31.7. The summed E-state index contributed by atoms with van der Waals surface area (Å²) in [7, 11) is 0. The fourth-order valence-corrected chi connectivity index (χ4v) is 1.65. The molecule has 0 radical (unpaired) electrons. The van der Waals surface area contributed by atoms with E-state index in [1.165, 1.54) is 5.57 Å².